The van der Waals surface area contributed by atoms with Gasteiger partial charge in [0.1, 0.15) is 16.5 Å². The molecule has 2 N–H and O–H groups in total. The van der Waals surface area contributed by atoms with E-state index in [1.165, 1.54) is 11.3 Å². The quantitative estimate of drug-likeness (QED) is 0.746. The third kappa shape index (κ3) is 3.54. The standard InChI is InChI=1S/C19H19N5O2S/c1-12-13(3-2-6-21-12)15-11-27-19(22-15)17-14(18(20)25)4-5-16(23-17)24-7-9-26-10-8-24/h2-6,11H,7-10H2,1H3,(H2,20,25). The maximum absolute atomic E-state index is 11.9. The highest BCUT2D eigenvalue weighted by molar-refractivity contribution is 7.13. The number of hydrogen-bond donors (Lipinski definition) is 1. The highest BCUT2D eigenvalue weighted by Crippen LogP contribution is 2.32. The second-order valence-corrected chi connectivity index (χ2v) is 7.06. The number of amides is 1. The maximum atomic E-state index is 11.9. The molecule has 8 heteroatoms. The van der Waals surface area contributed by atoms with Gasteiger partial charge in [-0.15, -0.1) is 11.3 Å². The van der Waals surface area contributed by atoms with Crippen LogP contribution < -0.4 is 10.6 Å². The lowest BCUT2D eigenvalue weighted by Gasteiger charge is -2.28. The molecule has 0 aliphatic carbocycles. The summed E-state index contributed by atoms with van der Waals surface area (Å²) >= 11 is 1.44. The molecule has 1 aliphatic heterocycles. The molecule has 1 amide bonds. The molecule has 0 aromatic carbocycles. The Hall–Kier alpha value is -2.84. The first-order valence-electron chi connectivity index (χ1n) is 8.65. The van der Waals surface area contributed by atoms with E-state index in [4.69, 9.17) is 20.4 Å². The Kier molecular flexibility index (Phi) is 4.83. The van der Waals surface area contributed by atoms with Crippen LogP contribution in [0.2, 0.25) is 0 Å². The normalized spacial score (nSPS) is 14.3. The fraction of sp³-hybridized carbons (Fsp3) is 0.263. The minimum Gasteiger partial charge on any atom is -0.378 e. The molecule has 0 spiro atoms. The van der Waals surface area contributed by atoms with E-state index in [0.29, 0.717) is 29.5 Å². The van der Waals surface area contributed by atoms with E-state index in [9.17, 15) is 4.79 Å². The highest BCUT2D eigenvalue weighted by Gasteiger charge is 2.20. The Bertz CT molecular complexity index is 982. The molecule has 4 heterocycles. The molecule has 3 aromatic heterocycles. The van der Waals surface area contributed by atoms with E-state index in [2.05, 4.69) is 9.88 Å². The fourth-order valence-corrected chi connectivity index (χ4v) is 3.86. The van der Waals surface area contributed by atoms with Crippen LogP contribution in [0.4, 0.5) is 5.82 Å². The fourth-order valence-electron chi connectivity index (χ4n) is 3.04. The predicted octanol–water partition coefficient (Wildman–Crippen LogP) is 2.51. The van der Waals surface area contributed by atoms with Gasteiger partial charge in [0.05, 0.1) is 24.5 Å². The van der Waals surface area contributed by atoms with Gasteiger partial charge in [0, 0.05) is 35.9 Å². The van der Waals surface area contributed by atoms with Crippen LogP contribution in [0, 0.1) is 6.92 Å². The van der Waals surface area contributed by atoms with Crippen LogP contribution in [0.5, 0.6) is 0 Å². The second-order valence-electron chi connectivity index (χ2n) is 6.20. The van der Waals surface area contributed by atoms with E-state index in [1.807, 2.05) is 30.5 Å². The molecular formula is C19H19N5O2S. The first-order chi connectivity index (χ1) is 13.1. The number of aryl methyl sites for hydroxylation is 1. The molecule has 1 aliphatic rings. The number of primary amides is 1. The Labute approximate surface area is 160 Å². The summed E-state index contributed by atoms with van der Waals surface area (Å²) in [5.41, 5.74) is 9.15. The summed E-state index contributed by atoms with van der Waals surface area (Å²) in [5.74, 6) is 0.285. The zero-order valence-electron chi connectivity index (χ0n) is 14.9. The van der Waals surface area contributed by atoms with Gasteiger partial charge in [0.15, 0.2) is 0 Å². The molecule has 138 valence electrons. The molecule has 0 saturated carbocycles. The first-order valence-corrected chi connectivity index (χ1v) is 9.53. The van der Waals surface area contributed by atoms with E-state index < -0.39 is 5.91 Å². The van der Waals surface area contributed by atoms with Crippen molar-refractivity contribution in [2.24, 2.45) is 5.73 Å². The molecule has 1 saturated heterocycles. The van der Waals surface area contributed by atoms with E-state index in [-0.39, 0.29) is 0 Å². The van der Waals surface area contributed by atoms with Gasteiger partial charge in [0.25, 0.3) is 5.91 Å². The predicted molar refractivity (Wildman–Crippen MR) is 105 cm³/mol. The second kappa shape index (κ2) is 7.42. The number of morpholine rings is 1. The zero-order chi connectivity index (χ0) is 18.8. The van der Waals surface area contributed by atoms with Crippen LogP contribution in [-0.4, -0.2) is 47.2 Å². The van der Waals surface area contributed by atoms with Crippen molar-refractivity contribution in [2.45, 2.75) is 6.92 Å². The average molecular weight is 381 g/mol. The molecule has 0 atom stereocenters. The van der Waals surface area contributed by atoms with E-state index in [0.717, 1.165) is 35.9 Å². The minimum absolute atomic E-state index is 0.371. The number of nitrogens with two attached hydrogens (primary N) is 1. The Morgan fingerprint density at radius 2 is 2.04 bits per heavy atom. The number of nitrogens with zero attached hydrogens (tertiary/aromatic N) is 4. The van der Waals surface area contributed by atoms with Crippen LogP contribution in [0.3, 0.4) is 0 Å². The molecule has 0 unspecified atom stereocenters. The first kappa shape index (κ1) is 17.6. The topological polar surface area (TPSA) is 94.2 Å². The lowest BCUT2D eigenvalue weighted by Crippen LogP contribution is -2.36. The van der Waals surface area contributed by atoms with Gasteiger partial charge >= 0.3 is 0 Å². The lowest BCUT2D eigenvalue weighted by molar-refractivity contribution is 0.100. The summed E-state index contributed by atoms with van der Waals surface area (Å²) in [5, 5.41) is 2.62. The number of ether oxygens (including phenoxy) is 1. The lowest BCUT2D eigenvalue weighted by atomic mass is 10.1. The van der Waals surface area contributed by atoms with Gasteiger partial charge in [-0.3, -0.25) is 9.78 Å². The van der Waals surface area contributed by atoms with Crippen LogP contribution in [0.25, 0.3) is 22.0 Å². The van der Waals surface area contributed by atoms with Crippen molar-refractivity contribution in [1.82, 2.24) is 15.0 Å². The number of anilines is 1. The molecule has 3 aromatic rings. The molecule has 27 heavy (non-hydrogen) atoms. The minimum atomic E-state index is -0.514. The molecule has 0 bridgehead atoms. The average Bonchev–Trinajstić information content (AvgIpc) is 3.18. The number of carbonyl (C=O) groups is 1. The van der Waals surface area contributed by atoms with Crippen molar-refractivity contribution in [3.8, 4) is 22.0 Å². The number of aromatic nitrogens is 3. The van der Waals surface area contributed by atoms with Crippen molar-refractivity contribution in [3.63, 3.8) is 0 Å². The number of pyridine rings is 2. The zero-order valence-corrected chi connectivity index (χ0v) is 15.7. The summed E-state index contributed by atoms with van der Waals surface area (Å²) in [6, 6.07) is 7.42. The molecule has 7 nitrogen and oxygen atoms in total. The largest absolute Gasteiger partial charge is 0.378 e. The summed E-state index contributed by atoms with van der Waals surface area (Å²) in [6.07, 6.45) is 1.75. The van der Waals surface area contributed by atoms with Crippen molar-refractivity contribution >= 4 is 23.1 Å². The number of carbonyl (C=O) groups excluding carboxylic acids is 1. The summed E-state index contributed by atoms with van der Waals surface area (Å²) < 4.78 is 5.40. The number of rotatable bonds is 4. The Balaban J connectivity index is 1.75. The summed E-state index contributed by atoms with van der Waals surface area (Å²) in [7, 11) is 0. The summed E-state index contributed by atoms with van der Waals surface area (Å²) in [4.78, 5) is 27.8. The molecule has 4 rings (SSSR count). The van der Waals surface area contributed by atoms with E-state index in [1.54, 1.807) is 12.3 Å². The van der Waals surface area contributed by atoms with Gasteiger partial charge in [-0.25, -0.2) is 9.97 Å². The SMILES string of the molecule is Cc1ncccc1-c1csc(-c2nc(N3CCOCC3)ccc2C(N)=O)n1. The maximum Gasteiger partial charge on any atom is 0.251 e. The number of hydrogen-bond acceptors (Lipinski definition) is 7. The Morgan fingerprint density at radius 1 is 1.22 bits per heavy atom. The van der Waals surface area contributed by atoms with Crippen molar-refractivity contribution in [1.29, 1.82) is 0 Å². The molecule has 0 radical (unpaired) electrons. The monoisotopic (exact) mass is 381 g/mol. The van der Waals surface area contributed by atoms with Gasteiger partial charge < -0.3 is 15.4 Å². The summed E-state index contributed by atoms with van der Waals surface area (Å²) in [6.45, 7) is 4.80. The number of thiazole rings is 1. The van der Waals surface area contributed by atoms with Gasteiger partial charge in [-0.05, 0) is 31.2 Å². The third-order valence-corrected chi connectivity index (χ3v) is 5.32. The van der Waals surface area contributed by atoms with Crippen molar-refractivity contribution in [2.75, 3.05) is 31.2 Å². The van der Waals surface area contributed by atoms with Gasteiger partial charge in [-0.1, -0.05) is 0 Å². The van der Waals surface area contributed by atoms with Crippen LogP contribution in [0.1, 0.15) is 16.1 Å². The van der Waals surface area contributed by atoms with Gasteiger partial charge in [0.2, 0.25) is 0 Å². The highest BCUT2D eigenvalue weighted by atomic mass is 32.1. The van der Waals surface area contributed by atoms with Crippen LogP contribution >= 0.6 is 11.3 Å². The van der Waals surface area contributed by atoms with Crippen molar-refractivity contribution in [3.05, 3.63) is 47.1 Å². The molecule has 1 fully saturated rings. The third-order valence-electron chi connectivity index (χ3n) is 4.47. The van der Waals surface area contributed by atoms with Crippen molar-refractivity contribution < 1.29 is 9.53 Å². The van der Waals surface area contributed by atoms with Gasteiger partial charge in [-0.2, -0.15) is 0 Å². The van der Waals surface area contributed by atoms with Crippen LogP contribution in [-0.2, 0) is 4.74 Å². The smallest absolute Gasteiger partial charge is 0.251 e. The molecular weight excluding hydrogens is 362 g/mol. The van der Waals surface area contributed by atoms with Crippen LogP contribution in [0.15, 0.2) is 35.8 Å². The Morgan fingerprint density at radius 3 is 2.78 bits per heavy atom. The van der Waals surface area contributed by atoms with E-state index >= 15 is 0 Å².